The maximum Gasteiger partial charge on any atom is 0.147 e. The van der Waals surface area contributed by atoms with E-state index < -0.39 is 6.17 Å². The zero-order valence-electron chi connectivity index (χ0n) is 8.03. The second kappa shape index (κ2) is 4.42. The van der Waals surface area contributed by atoms with Gasteiger partial charge >= 0.3 is 0 Å². The first-order chi connectivity index (χ1) is 6.84. The van der Waals surface area contributed by atoms with Gasteiger partial charge in [-0.3, -0.25) is 0 Å². The van der Waals surface area contributed by atoms with Crippen molar-refractivity contribution in [1.82, 2.24) is 5.06 Å². The number of hydrogen-bond acceptors (Lipinski definition) is 2. The van der Waals surface area contributed by atoms with E-state index in [1.807, 2.05) is 35.4 Å². The number of hydroxylamine groups is 2. The summed E-state index contributed by atoms with van der Waals surface area (Å²) in [5.41, 5.74) is 0. The van der Waals surface area contributed by atoms with Gasteiger partial charge in [-0.15, -0.1) is 5.06 Å². The molecule has 1 fully saturated rings. The molecule has 1 aromatic carbocycles. The van der Waals surface area contributed by atoms with E-state index in [1.54, 1.807) is 0 Å². The summed E-state index contributed by atoms with van der Waals surface area (Å²) in [6.45, 7) is 1.35. The molecule has 0 N–H and O–H groups in total. The van der Waals surface area contributed by atoms with Crippen LogP contribution < -0.4 is 4.84 Å². The van der Waals surface area contributed by atoms with Gasteiger partial charge in [-0.25, -0.2) is 4.39 Å². The van der Waals surface area contributed by atoms with Crippen LogP contribution in [0.2, 0.25) is 0 Å². The number of benzene rings is 1. The highest BCUT2D eigenvalue weighted by Crippen LogP contribution is 2.16. The molecule has 14 heavy (non-hydrogen) atoms. The summed E-state index contributed by atoms with van der Waals surface area (Å²) < 4.78 is 12.8. The molecule has 3 heteroatoms. The summed E-state index contributed by atoms with van der Waals surface area (Å²) in [7, 11) is 0. The van der Waals surface area contributed by atoms with Crippen LogP contribution in [0.1, 0.15) is 12.8 Å². The Balaban J connectivity index is 1.87. The van der Waals surface area contributed by atoms with E-state index in [2.05, 4.69) is 0 Å². The van der Waals surface area contributed by atoms with Crippen molar-refractivity contribution < 1.29 is 9.23 Å². The van der Waals surface area contributed by atoms with Crippen molar-refractivity contribution in [2.75, 3.05) is 13.1 Å². The lowest BCUT2D eigenvalue weighted by Crippen LogP contribution is -2.36. The maximum atomic E-state index is 12.8. The van der Waals surface area contributed by atoms with E-state index in [-0.39, 0.29) is 0 Å². The molecule has 1 heterocycles. The van der Waals surface area contributed by atoms with Gasteiger partial charge < -0.3 is 4.84 Å². The Hall–Kier alpha value is -1.09. The standard InChI is InChI=1S/C11H14FNO/c12-10-6-8-13(9-7-10)14-11-4-2-1-3-5-11/h1-5,10H,6-9H2. The topological polar surface area (TPSA) is 12.5 Å². The number of alkyl halides is 1. The maximum absolute atomic E-state index is 12.8. The molecule has 0 bridgehead atoms. The summed E-state index contributed by atoms with van der Waals surface area (Å²) >= 11 is 0. The van der Waals surface area contributed by atoms with Crippen molar-refractivity contribution in [2.45, 2.75) is 19.0 Å². The third-order valence-electron chi connectivity index (χ3n) is 2.36. The van der Waals surface area contributed by atoms with E-state index in [0.717, 1.165) is 5.75 Å². The zero-order chi connectivity index (χ0) is 9.80. The first-order valence-electron chi connectivity index (χ1n) is 4.96. The fourth-order valence-corrected chi connectivity index (χ4v) is 1.55. The van der Waals surface area contributed by atoms with Crippen molar-refractivity contribution in [2.24, 2.45) is 0 Å². The van der Waals surface area contributed by atoms with Crippen LogP contribution in [0.25, 0.3) is 0 Å². The van der Waals surface area contributed by atoms with Gasteiger partial charge in [0, 0.05) is 13.1 Å². The monoisotopic (exact) mass is 195 g/mol. The van der Waals surface area contributed by atoms with Crippen LogP contribution in [0, 0.1) is 0 Å². The molecule has 0 unspecified atom stereocenters. The largest absolute Gasteiger partial charge is 0.406 e. The molecule has 0 radical (unpaired) electrons. The van der Waals surface area contributed by atoms with Crippen LogP contribution in [0.3, 0.4) is 0 Å². The molecule has 1 aromatic rings. The molecule has 1 aliphatic rings. The number of rotatable bonds is 2. The summed E-state index contributed by atoms with van der Waals surface area (Å²) in [6.07, 6.45) is 0.505. The molecule has 1 aliphatic heterocycles. The first-order valence-corrected chi connectivity index (χ1v) is 4.96. The molecule has 0 aliphatic carbocycles. The summed E-state index contributed by atoms with van der Waals surface area (Å²) in [4.78, 5) is 5.57. The second-order valence-corrected chi connectivity index (χ2v) is 3.51. The van der Waals surface area contributed by atoms with Gasteiger partial charge in [-0.2, -0.15) is 0 Å². The minimum Gasteiger partial charge on any atom is -0.406 e. The third kappa shape index (κ3) is 2.45. The molecule has 0 spiro atoms. The lowest BCUT2D eigenvalue weighted by atomic mass is 10.1. The molecule has 0 amide bonds. The number of piperidine rings is 1. The summed E-state index contributed by atoms with van der Waals surface area (Å²) in [5, 5.41) is 1.82. The normalized spacial score (nSPS) is 19.5. The van der Waals surface area contributed by atoms with Crippen LogP contribution in [0.5, 0.6) is 5.75 Å². The van der Waals surface area contributed by atoms with Gasteiger partial charge in [0.25, 0.3) is 0 Å². The van der Waals surface area contributed by atoms with Crippen molar-refractivity contribution in [3.63, 3.8) is 0 Å². The second-order valence-electron chi connectivity index (χ2n) is 3.51. The molecular formula is C11H14FNO. The highest BCUT2D eigenvalue weighted by Gasteiger charge is 2.19. The fraction of sp³-hybridized carbons (Fsp3) is 0.455. The molecule has 1 saturated heterocycles. The molecular weight excluding hydrogens is 181 g/mol. The third-order valence-corrected chi connectivity index (χ3v) is 2.36. The molecule has 2 rings (SSSR count). The Kier molecular flexibility index (Phi) is 2.99. The predicted molar refractivity (Wildman–Crippen MR) is 52.8 cm³/mol. The van der Waals surface area contributed by atoms with Crippen LogP contribution >= 0.6 is 0 Å². The molecule has 0 aromatic heterocycles. The van der Waals surface area contributed by atoms with E-state index in [4.69, 9.17) is 4.84 Å². The van der Waals surface area contributed by atoms with E-state index in [1.165, 1.54) is 0 Å². The average molecular weight is 195 g/mol. The Morgan fingerprint density at radius 2 is 1.79 bits per heavy atom. The Morgan fingerprint density at radius 1 is 1.14 bits per heavy atom. The fourth-order valence-electron chi connectivity index (χ4n) is 1.55. The van der Waals surface area contributed by atoms with Crippen LogP contribution in [0.4, 0.5) is 4.39 Å². The van der Waals surface area contributed by atoms with Gasteiger partial charge in [-0.1, -0.05) is 18.2 Å². The highest BCUT2D eigenvalue weighted by atomic mass is 19.1. The number of hydrogen-bond donors (Lipinski definition) is 0. The van der Waals surface area contributed by atoms with Gasteiger partial charge in [-0.05, 0) is 25.0 Å². The van der Waals surface area contributed by atoms with Crippen molar-refractivity contribution in [3.8, 4) is 5.75 Å². The average Bonchev–Trinajstić information content (AvgIpc) is 2.23. The van der Waals surface area contributed by atoms with Gasteiger partial charge in [0.2, 0.25) is 0 Å². The quantitative estimate of drug-likeness (QED) is 0.718. The predicted octanol–water partition coefficient (Wildman–Crippen LogP) is 2.41. The molecule has 76 valence electrons. The van der Waals surface area contributed by atoms with Gasteiger partial charge in [0.05, 0.1) is 0 Å². The molecule has 2 nitrogen and oxygen atoms in total. The van der Waals surface area contributed by atoms with Crippen molar-refractivity contribution >= 4 is 0 Å². The summed E-state index contributed by atoms with van der Waals surface area (Å²) in [6, 6.07) is 9.61. The van der Waals surface area contributed by atoms with Crippen molar-refractivity contribution in [3.05, 3.63) is 30.3 Å². The minimum absolute atomic E-state index is 0.576. The van der Waals surface area contributed by atoms with E-state index in [0.29, 0.717) is 25.9 Å². The minimum atomic E-state index is -0.648. The Labute approximate surface area is 83.2 Å². The van der Waals surface area contributed by atoms with Crippen LogP contribution in [0.15, 0.2) is 30.3 Å². The smallest absolute Gasteiger partial charge is 0.147 e. The van der Waals surface area contributed by atoms with E-state index in [9.17, 15) is 4.39 Å². The lowest BCUT2D eigenvalue weighted by molar-refractivity contribution is -0.0843. The van der Waals surface area contributed by atoms with Crippen molar-refractivity contribution in [1.29, 1.82) is 0 Å². The first kappa shape index (κ1) is 9.46. The number of nitrogens with zero attached hydrogens (tertiary/aromatic N) is 1. The van der Waals surface area contributed by atoms with Crippen LogP contribution in [-0.4, -0.2) is 24.3 Å². The van der Waals surface area contributed by atoms with Crippen LogP contribution in [-0.2, 0) is 0 Å². The Morgan fingerprint density at radius 3 is 2.43 bits per heavy atom. The SMILES string of the molecule is FC1CCN(Oc2ccccc2)CC1. The highest BCUT2D eigenvalue weighted by molar-refractivity contribution is 5.20. The van der Waals surface area contributed by atoms with Gasteiger partial charge in [0.15, 0.2) is 0 Å². The number of para-hydroxylation sites is 1. The summed E-state index contributed by atoms with van der Waals surface area (Å²) in [5.74, 6) is 0.824. The molecule has 0 saturated carbocycles. The molecule has 0 atom stereocenters. The van der Waals surface area contributed by atoms with Gasteiger partial charge in [0.1, 0.15) is 11.9 Å². The zero-order valence-corrected chi connectivity index (χ0v) is 8.03. The number of halogens is 1. The lowest BCUT2D eigenvalue weighted by Gasteiger charge is -2.27. The van der Waals surface area contributed by atoms with E-state index >= 15 is 0 Å². The Bertz CT molecular complexity index is 270.